The van der Waals surface area contributed by atoms with Gasteiger partial charge < -0.3 is 10.1 Å². The van der Waals surface area contributed by atoms with Crippen LogP contribution in [0.5, 0.6) is 5.75 Å². The molecule has 6 nitrogen and oxygen atoms in total. The SMILES string of the molecule is CCOc1ccc(S(=O)(=O)N2CCC(C(=O)NC(C)C)CC2)cc1C. The van der Waals surface area contributed by atoms with Crippen molar-refractivity contribution in [2.24, 2.45) is 5.92 Å². The number of sulfonamides is 1. The summed E-state index contributed by atoms with van der Waals surface area (Å²) in [5.41, 5.74) is 0.800. The van der Waals surface area contributed by atoms with Gasteiger partial charge in [0.25, 0.3) is 0 Å². The summed E-state index contributed by atoms with van der Waals surface area (Å²) in [6.45, 7) is 8.85. The first-order valence-electron chi connectivity index (χ1n) is 8.79. The molecule has 1 saturated heterocycles. The molecule has 0 saturated carbocycles. The Bertz CT molecular complexity index is 708. The standard InChI is InChI=1S/C18H28N2O4S/c1-5-24-17-7-6-16(12-14(17)4)25(22,23)20-10-8-15(9-11-20)18(21)19-13(2)3/h6-7,12-13,15H,5,8-11H2,1-4H3,(H,19,21). The molecule has 1 aromatic rings. The number of carbonyl (C=O) groups excluding carboxylic acids is 1. The van der Waals surface area contributed by atoms with Crippen molar-refractivity contribution in [2.75, 3.05) is 19.7 Å². The monoisotopic (exact) mass is 368 g/mol. The molecule has 1 heterocycles. The molecule has 1 aliphatic heterocycles. The van der Waals surface area contributed by atoms with E-state index in [2.05, 4.69) is 5.32 Å². The van der Waals surface area contributed by atoms with Crippen LogP contribution in [0.1, 0.15) is 39.2 Å². The molecular formula is C18H28N2O4S. The Balaban J connectivity index is 2.07. The second-order valence-corrected chi connectivity index (χ2v) is 8.64. The quantitative estimate of drug-likeness (QED) is 0.836. The van der Waals surface area contributed by atoms with Crippen molar-refractivity contribution in [3.63, 3.8) is 0 Å². The predicted octanol–water partition coefficient (Wildman–Crippen LogP) is 2.32. The Morgan fingerprint density at radius 1 is 1.32 bits per heavy atom. The van der Waals surface area contributed by atoms with Crippen LogP contribution in [0.15, 0.2) is 23.1 Å². The fourth-order valence-electron chi connectivity index (χ4n) is 3.01. The van der Waals surface area contributed by atoms with Gasteiger partial charge in [0.05, 0.1) is 11.5 Å². The lowest BCUT2D eigenvalue weighted by molar-refractivity contribution is -0.126. The van der Waals surface area contributed by atoms with Gasteiger partial charge in [-0.2, -0.15) is 4.31 Å². The van der Waals surface area contributed by atoms with Gasteiger partial charge in [-0.05, 0) is 64.3 Å². The number of aryl methyl sites for hydroxylation is 1. The summed E-state index contributed by atoms with van der Waals surface area (Å²) >= 11 is 0. The van der Waals surface area contributed by atoms with E-state index in [-0.39, 0.29) is 22.8 Å². The smallest absolute Gasteiger partial charge is 0.243 e. The van der Waals surface area contributed by atoms with E-state index in [0.29, 0.717) is 38.3 Å². The predicted molar refractivity (Wildman–Crippen MR) is 97.1 cm³/mol. The second-order valence-electron chi connectivity index (χ2n) is 6.70. The molecule has 0 unspecified atom stereocenters. The van der Waals surface area contributed by atoms with Crippen molar-refractivity contribution >= 4 is 15.9 Å². The highest BCUT2D eigenvalue weighted by Crippen LogP contribution is 2.27. The number of hydrogen-bond donors (Lipinski definition) is 1. The Morgan fingerprint density at radius 2 is 1.96 bits per heavy atom. The number of rotatable bonds is 6. The summed E-state index contributed by atoms with van der Waals surface area (Å²) in [4.78, 5) is 12.4. The van der Waals surface area contributed by atoms with Crippen LogP contribution in [-0.2, 0) is 14.8 Å². The van der Waals surface area contributed by atoms with Gasteiger partial charge in [-0.3, -0.25) is 4.79 Å². The summed E-state index contributed by atoms with van der Waals surface area (Å²) in [6.07, 6.45) is 1.10. The maximum absolute atomic E-state index is 12.8. The summed E-state index contributed by atoms with van der Waals surface area (Å²) in [7, 11) is -3.54. The zero-order valence-electron chi connectivity index (χ0n) is 15.4. The van der Waals surface area contributed by atoms with E-state index in [0.717, 1.165) is 5.56 Å². The van der Waals surface area contributed by atoms with E-state index < -0.39 is 10.0 Å². The summed E-state index contributed by atoms with van der Waals surface area (Å²) in [5, 5.41) is 2.90. The molecule has 0 bridgehead atoms. The normalized spacial score (nSPS) is 16.8. The van der Waals surface area contributed by atoms with Crippen LogP contribution in [0.4, 0.5) is 0 Å². The molecule has 140 valence electrons. The van der Waals surface area contributed by atoms with Crippen molar-refractivity contribution in [2.45, 2.75) is 51.5 Å². The van der Waals surface area contributed by atoms with Crippen LogP contribution in [0.25, 0.3) is 0 Å². The lowest BCUT2D eigenvalue weighted by atomic mass is 9.97. The van der Waals surface area contributed by atoms with Gasteiger partial charge >= 0.3 is 0 Å². The largest absolute Gasteiger partial charge is 0.494 e. The third-order valence-corrected chi connectivity index (χ3v) is 6.23. The molecule has 1 N–H and O–H groups in total. The van der Waals surface area contributed by atoms with Gasteiger partial charge in [-0.25, -0.2) is 8.42 Å². The summed E-state index contributed by atoms with van der Waals surface area (Å²) in [6, 6.07) is 5.04. The summed E-state index contributed by atoms with van der Waals surface area (Å²) < 4.78 is 32.6. The molecule has 1 fully saturated rings. The zero-order valence-corrected chi connectivity index (χ0v) is 16.2. The van der Waals surface area contributed by atoms with Crippen LogP contribution >= 0.6 is 0 Å². The van der Waals surface area contributed by atoms with E-state index >= 15 is 0 Å². The fourth-order valence-corrected chi connectivity index (χ4v) is 4.56. The second kappa shape index (κ2) is 8.19. The fraction of sp³-hybridized carbons (Fsp3) is 0.611. The average molecular weight is 368 g/mol. The van der Waals surface area contributed by atoms with Gasteiger partial charge in [-0.1, -0.05) is 0 Å². The molecule has 2 rings (SSSR count). The molecule has 1 aromatic carbocycles. The topological polar surface area (TPSA) is 75.7 Å². The minimum absolute atomic E-state index is 0.0176. The Hall–Kier alpha value is -1.60. The van der Waals surface area contributed by atoms with E-state index in [1.165, 1.54) is 4.31 Å². The first kappa shape index (κ1) is 19.7. The molecular weight excluding hydrogens is 340 g/mol. The molecule has 0 radical (unpaired) electrons. The Kier molecular flexibility index (Phi) is 6.46. The van der Waals surface area contributed by atoms with Gasteiger partial charge in [0.15, 0.2) is 0 Å². The number of amides is 1. The van der Waals surface area contributed by atoms with E-state index in [4.69, 9.17) is 4.74 Å². The van der Waals surface area contributed by atoms with Crippen molar-refractivity contribution in [1.29, 1.82) is 0 Å². The van der Waals surface area contributed by atoms with Gasteiger partial charge in [0.2, 0.25) is 15.9 Å². The van der Waals surface area contributed by atoms with Gasteiger partial charge in [0.1, 0.15) is 5.75 Å². The number of benzene rings is 1. The van der Waals surface area contributed by atoms with Crippen molar-refractivity contribution in [1.82, 2.24) is 9.62 Å². The molecule has 0 spiro atoms. The van der Waals surface area contributed by atoms with Crippen LogP contribution < -0.4 is 10.1 Å². The third-order valence-electron chi connectivity index (χ3n) is 4.34. The number of nitrogens with zero attached hydrogens (tertiary/aromatic N) is 1. The van der Waals surface area contributed by atoms with Gasteiger partial charge in [0, 0.05) is 25.0 Å². The highest BCUT2D eigenvalue weighted by Gasteiger charge is 2.32. The molecule has 1 amide bonds. The van der Waals surface area contributed by atoms with Gasteiger partial charge in [-0.15, -0.1) is 0 Å². The third kappa shape index (κ3) is 4.73. The minimum atomic E-state index is -3.54. The zero-order chi connectivity index (χ0) is 18.6. The molecule has 0 atom stereocenters. The lowest BCUT2D eigenvalue weighted by Gasteiger charge is -2.31. The van der Waals surface area contributed by atoms with Crippen LogP contribution in [0.2, 0.25) is 0 Å². The first-order chi connectivity index (χ1) is 11.8. The molecule has 0 aromatic heterocycles. The maximum atomic E-state index is 12.8. The highest BCUT2D eigenvalue weighted by atomic mass is 32.2. The van der Waals surface area contributed by atoms with E-state index in [1.54, 1.807) is 18.2 Å². The Morgan fingerprint density at radius 3 is 2.48 bits per heavy atom. The van der Waals surface area contributed by atoms with E-state index in [9.17, 15) is 13.2 Å². The number of carbonyl (C=O) groups is 1. The number of nitrogens with one attached hydrogen (secondary N) is 1. The molecule has 25 heavy (non-hydrogen) atoms. The van der Waals surface area contributed by atoms with Crippen LogP contribution in [0.3, 0.4) is 0 Å². The van der Waals surface area contributed by atoms with Crippen molar-refractivity contribution in [3.8, 4) is 5.75 Å². The number of piperidine rings is 1. The van der Waals surface area contributed by atoms with Crippen LogP contribution in [-0.4, -0.2) is 44.4 Å². The Labute approximate surface area is 150 Å². The lowest BCUT2D eigenvalue weighted by Crippen LogP contribution is -2.44. The van der Waals surface area contributed by atoms with Crippen LogP contribution in [0, 0.1) is 12.8 Å². The van der Waals surface area contributed by atoms with E-state index in [1.807, 2.05) is 27.7 Å². The molecule has 1 aliphatic rings. The minimum Gasteiger partial charge on any atom is -0.494 e. The van der Waals surface area contributed by atoms with Crippen molar-refractivity contribution in [3.05, 3.63) is 23.8 Å². The van der Waals surface area contributed by atoms with Crippen molar-refractivity contribution < 1.29 is 17.9 Å². The maximum Gasteiger partial charge on any atom is 0.243 e. The number of hydrogen-bond acceptors (Lipinski definition) is 4. The first-order valence-corrected chi connectivity index (χ1v) is 10.2. The number of ether oxygens (including phenoxy) is 1. The molecule has 7 heteroatoms. The molecule has 0 aliphatic carbocycles. The average Bonchev–Trinajstić information content (AvgIpc) is 2.56. The highest BCUT2D eigenvalue weighted by molar-refractivity contribution is 7.89. The summed E-state index contributed by atoms with van der Waals surface area (Å²) in [5.74, 6) is 0.602.